The van der Waals surface area contributed by atoms with Crippen molar-refractivity contribution < 1.29 is 23.1 Å². The standard InChI is InChI=1S/C19H20N2O5S/c1-12(2)20-27(25,26)14-9-7-13(8-10-14)18(22)21-11-16(19(23)24)15-5-3-4-6-17(15)21/h3-10,12,16,20H,11H2,1-2H3,(H,23,24). The molecule has 3 rings (SSSR count). The molecule has 7 nitrogen and oxygen atoms in total. The molecule has 1 atom stereocenters. The first-order valence-electron chi connectivity index (χ1n) is 8.46. The molecule has 1 aliphatic heterocycles. The number of carboxylic acid groups (broad SMARTS) is 1. The summed E-state index contributed by atoms with van der Waals surface area (Å²) in [6.07, 6.45) is 0. The molecular formula is C19H20N2O5S. The molecule has 8 heteroatoms. The largest absolute Gasteiger partial charge is 0.481 e. The minimum Gasteiger partial charge on any atom is -0.481 e. The van der Waals surface area contributed by atoms with Gasteiger partial charge < -0.3 is 10.0 Å². The number of rotatable bonds is 5. The smallest absolute Gasteiger partial charge is 0.312 e. The third kappa shape index (κ3) is 3.72. The maximum atomic E-state index is 12.9. The van der Waals surface area contributed by atoms with Gasteiger partial charge in [0.2, 0.25) is 10.0 Å². The third-order valence-electron chi connectivity index (χ3n) is 4.31. The summed E-state index contributed by atoms with van der Waals surface area (Å²) in [6, 6.07) is 12.3. The molecule has 0 radical (unpaired) electrons. The number of nitrogens with zero attached hydrogens (tertiary/aromatic N) is 1. The molecule has 2 N–H and O–H groups in total. The molecule has 2 aromatic carbocycles. The number of aliphatic carboxylic acids is 1. The third-order valence-corrected chi connectivity index (χ3v) is 5.99. The average Bonchev–Trinajstić information content (AvgIpc) is 3.00. The molecule has 2 aromatic rings. The Bertz CT molecular complexity index is 983. The van der Waals surface area contributed by atoms with E-state index in [-0.39, 0.29) is 23.4 Å². The highest BCUT2D eigenvalue weighted by Crippen LogP contribution is 2.37. The van der Waals surface area contributed by atoms with Crippen LogP contribution < -0.4 is 9.62 Å². The van der Waals surface area contributed by atoms with Crippen LogP contribution in [-0.4, -0.2) is 38.0 Å². The predicted octanol–water partition coefficient (Wildman–Crippen LogP) is 2.20. The Labute approximate surface area is 157 Å². The number of fused-ring (bicyclic) bond motifs is 1. The summed E-state index contributed by atoms with van der Waals surface area (Å²) in [5.74, 6) is -2.13. The van der Waals surface area contributed by atoms with Gasteiger partial charge in [-0.1, -0.05) is 18.2 Å². The second kappa shape index (κ2) is 7.13. The van der Waals surface area contributed by atoms with Crippen LogP contribution in [0, 0.1) is 0 Å². The van der Waals surface area contributed by atoms with Crippen molar-refractivity contribution in [2.45, 2.75) is 30.7 Å². The highest BCUT2D eigenvalue weighted by Gasteiger charge is 2.36. The maximum absolute atomic E-state index is 12.9. The van der Waals surface area contributed by atoms with Crippen molar-refractivity contribution in [1.82, 2.24) is 4.72 Å². The molecule has 0 saturated carbocycles. The first-order valence-corrected chi connectivity index (χ1v) is 9.95. The van der Waals surface area contributed by atoms with Crippen molar-refractivity contribution in [2.75, 3.05) is 11.4 Å². The second-order valence-corrected chi connectivity index (χ2v) is 8.38. The van der Waals surface area contributed by atoms with Gasteiger partial charge in [-0.05, 0) is 49.7 Å². The number of benzene rings is 2. The number of amides is 1. The van der Waals surface area contributed by atoms with Crippen molar-refractivity contribution in [2.24, 2.45) is 0 Å². The van der Waals surface area contributed by atoms with Crippen LogP contribution in [0.5, 0.6) is 0 Å². The molecule has 0 fully saturated rings. The van der Waals surface area contributed by atoms with Gasteiger partial charge in [-0.15, -0.1) is 0 Å². The molecule has 0 spiro atoms. The lowest BCUT2D eigenvalue weighted by Gasteiger charge is -2.18. The molecule has 1 heterocycles. The van der Waals surface area contributed by atoms with E-state index in [0.29, 0.717) is 16.8 Å². The van der Waals surface area contributed by atoms with Crippen molar-refractivity contribution in [1.29, 1.82) is 0 Å². The fourth-order valence-corrected chi connectivity index (χ4v) is 4.37. The van der Waals surface area contributed by atoms with E-state index in [4.69, 9.17) is 0 Å². The Morgan fingerprint density at radius 2 is 1.74 bits per heavy atom. The molecular weight excluding hydrogens is 368 g/mol. The summed E-state index contributed by atoms with van der Waals surface area (Å²) >= 11 is 0. The summed E-state index contributed by atoms with van der Waals surface area (Å²) < 4.78 is 26.9. The van der Waals surface area contributed by atoms with E-state index in [0.717, 1.165) is 0 Å². The van der Waals surface area contributed by atoms with Gasteiger partial charge in [0.1, 0.15) is 5.92 Å². The Hall–Kier alpha value is -2.71. The highest BCUT2D eigenvalue weighted by atomic mass is 32.2. The summed E-state index contributed by atoms with van der Waals surface area (Å²) in [6.45, 7) is 3.49. The summed E-state index contributed by atoms with van der Waals surface area (Å²) in [4.78, 5) is 25.9. The number of hydrogen-bond donors (Lipinski definition) is 2. The molecule has 1 unspecified atom stereocenters. The molecule has 27 heavy (non-hydrogen) atoms. The number of anilines is 1. The van der Waals surface area contributed by atoms with Crippen LogP contribution >= 0.6 is 0 Å². The number of carboxylic acids is 1. The normalized spacial score (nSPS) is 16.4. The molecule has 1 amide bonds. The van der Waals surface area contributed by atoms with Crippen molar-refractivity contribution >= 4 is 27.6 Å². The van der Waals surface area contributed by atoms with Crippen LogP contribution in [0.1, 0.15) is 35.7 Å². The molecule has 0 aromatic heterocycles. The Balaban J connectivity index is 1.88. The number of para-hydroxylation sites is 1. The lowest BCUT2D eigenvalue weighted by atomic mass is 10.0. The zero-order valence-corrected chi connectivity index (χ0v) is 15.7. The van der Waals surface area contributed by atoms with Gasteiger partial charge in [-0.2, -0.15) is 0 Å². The predicted molar refractivity (Wildman–Crippen MR) is 100 cm³/mol. The van der Waals surface area contributed by atoms with Crippen LogP contribution in [0.3, 0.4) is 0 Å². The summed E-state index contributed by atoms with van der Waals surface area (Å²) in [5.41, 5.74) is 1.45. The van der Waals surface area contributed by atoms with Crippen LogP contribution in [0.15, 0.2) is 53.4 Å². The van der Waals surface area contributed by atoms with Gasteiger partial charge in [-0.25, -0.2) is 13.1 Å². The topological polar surface area (TPSA) is 104 Å². The van der Waals surface area contributed by atoms with Crippen LogP contribution in [0.25, 0.3) is 0 Å². The zero-order chi connectivity index (χ0) is 19.8. The number of sulfonamides is 1. The lowest BCUT2D eigenvalue weighted by Crippen LogP contribution is -2.32. The molecule has 0 bridgehead atoms. The number of carbonyl (C=O) groups is 2. The Morgan fingerprint density at radius 1 is 1.11 bits per heavy atom. The molecule has 1 aliphatic rings. The number of hydrogen-bond acceptors (Lipinski definition) is 4. The van der Waals surface area contributed by atoms with Crippen molar-refractivity contribution in [3.8, 4) is 0 Å². The van der Waals surface area contributed by atoms with Crippen molar-refractivity contribution in [3.05, 3.63) is 59.7 Å². The monoisotopic (exact) mass is 388 g/mol. The van der Waals surface area contributed by atoms with Gasteiger partial charge in [-0.3, -0.25) is 9.59 Å². The lowest BCUT2D eigenvalue weighted by molar-refractivity contribution is -0.138. The first-order chi connectivity index (χ1) is 12.7. The Kier molecular flexibility index (Phi) is 5.03. The van der Waals surface area contributed by atoms with Gasteiger partial charge >= 0.3 is 5.97 Å². The maximum Gasteiger partial charge on any atom is 0.312 e. The van der Waals surface area contributed by atoms with Gasteiger partial charge in [0, 0.05) is 23.8 Å². The number of nitrogens with one attached hydrogen (secondary N) is 1. The second-order valence-electron chi connectivity index (χ2n) is 6.67. The van der Waals surface area contributed by atoms with E-state index in [9.17, 15) is 23.1 Å². The SMILES string of the molecule is CC(C)NS(=O)(=O)c1ccc(C(=O)N2CC(C(=O)O)c3ccccc32)cc1. The van der Waals surface area contributed by atoms with Crippen LogP contribution in [0.2, 0.25) is 0 Å². The van der Waals surface area contributed by atoms with Crippen LogP contribution in [0.4, 0.5) is 5.69 Å². The minimum atomic E-state index is -3.64. The number of carbonyl (C=O) groups excluding carboxylic acids is 1. The first kappa shape index (κ1) is 19.1. The van der Waals surface area contributed by atoms with E-state index in [1.54, 1.807) is 38.1 Å². The van der Waals surface area contributed by atoms with E-state index in [2.05, 4.69) is 4.72 Å². The van der Waals surface area contributed by atoms with Gasteiger partial charge in [0.25, 0.3) is 5.91 Å². The van der Waals surface area contributed by atoms with Crippen molar-refractivity contribution in [3.63, 3.8) is 0 Å². The van der Waals surface area contributed by atoms with E-state index >= 15 is 0 Å². The summed E-state index contributed by atoms with van der Waals surface area (Å²) in [7, 11) is -3.64. The van der Waals surface area contributed by atoms with E-state index < -0.39 is 21.9 Å². The zero-order valence-electron chi connectivity index (χ0n) is 14.9. The fraction of sp³-hybridized carbons (Fsp3) is 0.263. The fourth-order valence-electron chi connectivity index (χ4n) is 3.12. The Morgan fingerprint density at radius 3 is 2.33 bits per heavy atom. The van der Waals surface area contributed by atoms with E-state index in [1.165, 1.54) is 29.2 Å². The minimum absolute atomic E-state index is 0.0441. The summed E-state index contributed by atoms with van der Waals surface area (Å²) in [5, 5.41) is 9.42. The van der Waals surface area contributed by atoms with Crippen LogP contribution in [-0.2, 0) is 14.8 Å². The van der Waals surface area contributed by atoms with E-state index in [1.807, 2.05) is 0 Å². The molecule has 0 aliphatic carbocycles. The quantitative estimate of drug-likeness (QED) is 0.817. The average molecular weight is 388 g/mol. The molecule has 142 valence electrons. The molecule has 0 saturated heterocycles. The van der Waals surface area contributed by atoms with Gasteiger partial charge in [0.05, 0.1) is 4.90 Å². The highest BCUT2D eigenvalue weighted by molar-refractivity contribution is 7.89. The van der Waals surface area contributed by atoms with Gasteiger partial charge in [0.15, 0.2) is 0 Å².